The quantitative estimate of drug-likeness (QED) is 0.624. The fourth-order valence-electron chi connectivity index (χ4n) is 1.71. The smallest absolute Gasteiger partial charge is 0.242 e. The number of carbonyl (C=O) groups is 1. The SMILES string of the molecule is CCNS(=O)(=O)c1ccccc1NC(=O)CCCCN. The zero-order valence-electron chi connectivity index (χ0n) is 11.6. The standard InChI is InChI=1S/C13H21N3O3S/c1-2-15-20(18,19)12-8-4-3-7-11(12)16-13(17)9-5-6-10-14/h3-4,7-8,15H,2,5-6,9-10,14H2,1H3,(H,16,17). The highest BCUT2D eigenvalue weighted by molar-refractivity contribution is 7.89. The van der Waals surface area contributed by atoms with Gasteiger partial charge < -0.3 is 11.1 Å². The molecule has 0 saturated carbocycles. The lowest BCUT2D eigenvalue weighted by molar-refractivity contribution is -0.116. The van der Waals surface area contributed by atoms with Crippen molar-refractivity contribution in [3.8, 4) is 0 Å². The molecule has 4 N–H and O–H groups in total. The van der Waals surface area contributed by atoms with Crippen LogP contribution in [-0.2, 0) is 14.8 Å². The van der Waals surface area contributed by atoms with Gasteiger partial charge in [-0.1, -0.05) is 19.1 Å². The summed E-state index contributed by atoms with van der Waals surface area (Å²) in [5, 5.41) is 2.64. The monoisotopic (exact) mass is 299 g/mol. The van der Waals surface area contributed by atoms with Crippen LogP contribution < -0.4 is 15.8 Å². The Morgan fingerprint density at radius 1 is 1.25 bits per heavy atom. The van der Waals surface area contributed by atoms with Gasteiger partial charge in [-0.3, -0.25) is 4.79 Å². The van der Waals surface area contributed by atoms with Crippen LogP contribution in [0.1, 0.15) is 26.2 Å². The molecule has 1 amide bonds. The van der Waals surface area contributed by atoms with Crippen molar-refractivity contribution in [1.29, 1.82) is 0 Å². The third-order valence-electron chi connectivity index (χ3n) is 2.64. The molecule has 0 aromatic heterocycles. The fraction of sp³-hybridized carbons (Fsp3) is 0.462. The van der Waals surface area contributed by atoms with E-state index in [0.29, 0.717) is 31.6 Å². The maximum absolute atomic E-state index is 12.0. The molecule has 20 heavy (non-hydrogen) atoms. The van der Waals surface area contributed by atoms with Gasteiger partial charge in [0, 0.05) is 13.0 Å². The number of nitrogens with two attached hydrogens (primary N) is 1. The Morgan fingerprint density at radius 2 is 1.95 bits per heavy atom. The first-order valence-electron chi connectivity index (χ1n) is 6.60. The Balaban J connectivity index is 2.83. The van der Waals surface area contributed by atoms with E-state index in [9.17, 15) is 13.2 Å². The van der Waals surface area contributed by atoms with E-state index in [2.05, 4.69) is 10.0 Å². The maximum atomic E-state index is 12.0. The number of unbranched alkanes of at least 4 members (excludes halogenated alkanes) is 1. The molecule has 0 saturated heterocycles. The molecule has 0 spiro atoms. The summed E-state index contributed by atoms with van der Waals surface area (Å²) in [5.41, 5.74) is 5.66. The van der Waals surface area contributed by atoms with Crippen molar-refractivity contribution in [2.75, 3.05) is 18.4 Å². The van der Waals surface area contributed by atoms with Crippen LogP contribution in [0.15, 0.2) is 29.2 Å². The lowest BCUT2D eigenvalue weighted by Gasteiger charge is -2.11. The minimum atomic E-state index is -3.60. The van der Waals surface area contributed by atoms with Crippen molar-refractivity contribution in [1.82, 2.24) is 4.72 Å². The molecule has 112 valence electrons. The molecule has 0 fully saturated rings. The van der Waals surface area contributed by atoms with Gasteiger partial charge in [-0.05, 0) is 31.5 Å². The molecule has 6 nitrogen and oxygen atoms in total. The predicted molar refractivity (Wildman–Crippen MR) is 78.8 cm³/mol. The summed E-state index contributed by atoms with van der Waals surface area (Å²) in [5.74, 6) is -0.211. The van der Waals surface area contributed by atoms with Crippen LogP contribution in [0.5, 0.6) is 0 Å². The minimum Gasteiger partial charge on any atom is -0.330 e. The van der Waals surface area contributed by atoms with E-state index in [1.165, 1.54) is 6.07 Å². The Bertz CT molecular complexity index is 544. The van der Waals surface area contributed by atoms with Crippen molar-refractivity contribution in [2.45, 2.75) is 31.1 Å². The molecular formula is C13H21N3O3S. The molecule has 1 aromatic rings. The molecule has 1 rings (SSSR count). The first-order valence-corrected chi connectivity index (χ1v) is 8.08. The van der Waals surface area contributed by atoms with Crippen LogP contribution in [0.25, 0.3) is 0 Å². The highest BCUT2D eigenvalue weighted by Gasteiger charge is 2.18. The number of para-hydroxylation sites is 1. The molecule has 0 aliphatic carbocycles. The number of hydrogen-bond donors (Lipinski definition) is 3. The summed E-state index contributed by atoms with van der Waals surface area (Å²) < 4.78 is 26.4. The van der Waals surface area contributed by atoms with Crippen molar-refractivity contribution in [3.63, 3.8) is 0 Å². The van der Waals surface area contributed by atoms with E-state index in [0.717, 1.165) is 6.42 Å². The number of benzene rings is 1. The third-order valence-corrected chi connectivity index (χ3v) is 4.25. The molecule has 0 aliphatic rings. The van der Waals surface area contributed by atoms with E-state index in [1.807, 2.05) is 0 Å². The molecule has 1 aromatic carbocycles. The highest BCUT2D eigenvalue weighted by atomic mass is 32.2. The van der Waals surface area contributed by atoms with Gasteiger partial charge in [0.05, 0.1) is 5.69 Å². The first-order chi connectivity index (χ1) is 9.51. The van der Waals surface area contributed by atoms with Gasteiger partial charge in [-0.15, -0.1) is 0 Å². The number of carbonyl (C=O) groups excluding carboxylic acids is 1. The van der Waals surface area contributed by atoms with Crippen LogP contribution in [-0.4, -0.2) is 27.4 Å². The van der Waals surface area contributed by atoms with Gasteiger partial charge in [0.1, 0.15) is 4.90 Å². The van der Waals surface area contributed by atoms with Crippen LogP contribution in [0.4, 0.5) is 5.69 Å². The summed E-state index contributed by atoms with van der Waals surface area (Å²) in [7, 11) is -3.60. The van der Waals surface area contributed by atoms with Crippen LogP contribution in [0.3, 0.4) is 0 Å². The molecule has 0 aliphatic heterocycles. The molecule has 0 heterocycles. The molecular weight excluding hydrogens is 278 g/mol. The van der Waals surface area contributed by atoms with E-state index in [4.69, 9.17) is 5.73 Å². The Kier molecular flexibility index (Phi) is 6.63. The van der Waals surface area contributed by atoms with Crippen LogP contribution in [0.2, 0.25) is 0 Å². The highest BCUT2D eigenvalue weighted by Crippen LogP contribution is 2.20. The van der Waals surface area contributed by atoms with Gasteiger partial charge in [0.2, 0.25) is 15.9 Å². The predicted octanol–water partition coefficient (Wildman–Crippen LogP) is 1.05. The number of sulfonamides is 1. The average molecular weight is 299 g/mol. The fourth-order valence-corrected chi connectivity index (χ4v) is 2.92. The van der Waals surface area contributed by atoms with Gasteiger partial charge >= 0.3 is 0 Å². The number of hydrogen-bond acceptors (Lipinski definition) is 4. The Morgan fingerprint density at radius 3 is 2.60 bits per heavy atom. The third kappa shape index (κ3) is 4.92. The number of anilines is 1. The van der Waals surface area contributed by atoms with Gasteiger partial charge in [0.25, 0.3) is 0 Å². The summed E-state index contributed by atoms with van der Waals surface area (Å²) in [6.45, 7) is 2.53. The summed E-state index contributed by atoms with van der Waals surface area (Å²) in [4.78, 5) is 11.8. The molecule has 7 heteroatoms. The maximum Gasteiger partial charge on any atom is 0.242 e. The largest absolute Gasteiger partial charge is 0.330 e. The molecule has 0 bridgehead atoms. The second-order valence-corrected chi connectivity index (χ2v) is 6.03. The molecule has 0 atom stereocenters. The summed E-state index contributed by atoms with van der Waals surface area (Å²) >= 11 is 0. The van der Waals surface area contributed by atoms with E-state index in [1.54, 1.807) is 25.1 Å². The van der Waals surface area contributed by atoms with Gasteiger partial charge in [-0.25, -0.2) is 13.1 Å². The van der Waals surface area contributed by atoms with Crippen LogP contribution >= 0.6 is 0 Å². The zero-order valence-corrected chi connectivity index (χ0v) is 12.4. The van der Waals surface area contributed by atoms with E-state index >= 15 is 0 Å². The van der Waals surface area contributed by atoms with Crippen molar-refractivity contribution in [3.05, 3.63) is 24.3 Å². The number of nitrogens with one attached hydrogen (secondary N) is 2. The average Bonchev–Trinajstić information content (AvgIpc) is 2.39. The molecule has 0 radical (unpaired) electrons. The van der Waals surface area contributed by atoms with Crippen LogP contribution in [0, 0.1) is 0 Å². The first kappa shape index (κ1) is 16.6. The summed E-state index contributed by atoms with van der Waals surface area (Å²) in [6, 6.07) is 6.34. The second-order valence-electron chi connectivity index (χ2n) is 4.29. The van der Waals surface area contributed by atoms with Crippen molar-refractivity contribution in [2.24, 2.45) is 5.73 Å². The zero-order chi connectivity index (χ0) is 15.0. The summed E-state index contributed by atoms with van der Waals surface area (Å²) in [6.07, 6.45) is 1.78. The van der Waals surface area contributed by atoms with Crippen molar-refractivity contribution < 1.29 is 13.2 Å². The normalized spacial score (nSPS) is 11.3. The van der Waals surface area contributed by atoms with Gasteiger partial charge in [-0.2, -0.15) is 0 Å². The second kappa shape index (κ2) is 7.98. The van der Waals surface area contributed by atoms with Gasteiger partial charge in [0.15, 0.2) is 0 Å². The Hall–Kier alpha value is -1.44. The van der Waals surface area contributed by atoms with Crippen molar-refractivity contribution >= 4 is 21.6 Å². The lowest BCUT2D eigenvalue weighted by atomic mass is 10.2. The lowest BCUT2D eigenvalue weighted by Crippen LogP contribution is -2.25. The molecule has 0 unspecified atom stereocenters. The number of rotatable bonds is 8. The topological polar surface area (TPSA) is 101 Å². The number of amides is 1. The Labute approximate surface area is 119 Å². The minimum absolute atomic E-state index is 0.0778. The van der Waals surface area contributed by atoms with E-state index < -0.39 is 10.0 Å². The van der Waals surface area contributed by atoms with E-state index in [-0.39, 0.29) is 10.8 Å².